The summed E-state index contributed by atoms with van der Waals surface area (Å²) in [6.07, 6.45) is 1.36. The standard InChI is InChI=1S/C15H22N4O2S/c1-11(2)15-17-10-14(19-15)22(20,21)18-9-13-6-4-5-12(7-13)8-16-3/h4-7,10-11,16,18H,8-9H2,1-3H3,(H,17,19). The number of hydrogen-bond acceptors (Lipinski definition) is 4. The first-order valence-electron chi connectivity index (χ1n) is 7.19. The van der Waals surface area contributed by atoms with Gasteiger partial charge >= 0.3 is 0 Å². The second kappa shape index (κ2) is 7.04. The van der Waals surface area contributed by atoms with Gasteiger partial charge in [-0.1, -0.05) is 38.1 Å². The smallest absolute Gasteiger partial charge is 0.257 e. The quantitative estimate of drug-likeness (QED) is 0.724. The van der Waals surface area contributed by atoms with Crippen LogP contribution in [-0.2, 0) is 23.1 Å². The average Bonchev–Trinajstić information content (AvgIpc) is 2.97. The van der Waals surface area contributed by atoms with Gasteiger partial charge in [-0.3, -0.25) is 0 Å². The fraction of sp³-hybridized carbons (Fsp3) is 0.400. The Hall–Kier alpha value is -1.70. The molecule has 120 valence electrons. The third-order valence-electron chi connectivity index (χ3n) is 3.25. The van der Waals surface area contributed by atoms with Gasteiger partial charge in [0, 0.05) is 19.0 Å². The highest BCUT2D eigenvalue weighted by Crippen LogP contribution is 2.13. The topological polar surface area (TPSA) is 86.9 Å². The first kappa shape index (κ1) is 16.7. The van der Waals surface area contributed by atoms with E-state index >= 15 is 0 Å². The molecule has 0 fully saturated rings. The van der Waals surface area contributed by atoms with Crippen LogP contribution in [0.3, 0.4) is 0 Å². The molecule has 0 saturated carbocycles. The zero-order valence-corrected chi connectivity index (χ0v) is 13.9. The normalized spacial score (nSPS) is 12.0. The molecule has 0 atom stereocenters. The molecule has 0 amide bonds. The van der Waals surface area contributed by atoms with Crippen molar-refractivity contribution in [2.75, 3.05) is 7.05 Å². The number of aromatic nitrogens is 2. The van der Waals surface area contributed by atoms with E-state index < -0.39 is 10.0 Å². The highest BCUT2D eigenvalue weighted by Gasteiger charge is 2.17. The number of hydrogen-bond donors (Lipinski definition) is 3. The number of imidazole rings is 1. The van der Waals surface area contributed by atoms with E-state index in [0.717, 1.165) is 17.7 Å². The van der Waals surface area contributed by atoms with Gasteiger partial charge in [0.15, 0.2) is 5.03 Å². The van der Waals surface area contributed by atoms with Crippen LogP contribution in [-0.4, -0.2) is 25.4 Å². The van der Waals surface area contributed by atoms with E-state index in [9.17, 15) is 8.42 Å². The Morgan fingerprint density at radius 2 is 1.91 bits per heavy atom. The summed E-state index contributed by atoms with van der Waals surface area (Å²) in [6, 6.07) is 7.79. The molecule has 22 heavy (non-hydrogen) atoms. The molecule has 3 N–H and O–H groups in total. The summed E-state index contributed by atoms with van der Waals surface area (Å²) in [6.45, 7) is 4.90. The Balaban J connectivity index is 2.07. The lowest BCUT2D eigenvalue weighted by Crippen LogP contribution is -2.23. The maximum Gasteiger partial charge on any atom is 0.257 e. The van der Waals surface area contributed by atoms with Crippen molar-refractivity contribution in [3.05, 3.63) is 47.4 Å². The zero-order chi connectivity index (χ0) is 16.2. The number of H-pyrrole nitrogens is 1. The van der Waals surface area contributed by atoms with Crippen molar-refractivity contribution in [1.29, 1.82) is 0 Å². The highest BCUT2D eigenvalue weighted by molar-refractivity contribution is 7.89. The molecule has 0 saturated heterocycles. The van der Waals surface area contributed by atoms with Crippen molar-refractivity contribution in [2.24, 2.45) is 0 Å². The Morgan fingerprint density at radius 1 is 1.23 bits per heavy atom. The molecule has 1 aromatic carbocycles. The maximum atomic E-state index is 12.3. The molecule has 0 aliphatic heterocycles. The lowest BCUT2D eigenvalue weighted by atomic mass is 10.1. The lowest BCUT2D eigenvalue weighted by Gasteiger charge is -2.07. The Labute approximate surface area is 131 Å². The van der Waals surface area contributed by atoms with E-state index in [2.05, 4.69) is 20.0 Å². The van der Waals surface area contributed by atoms with Crippen molar-refractivity contribution in [1.82, 2.24) is 20.0 Å². The third kappa shape index (κ3) is 4.16. The summed E-state index contributed by atoms with van der Waals surface area (Å²) >= 11 is 0. The first-order chi connectivity index (χ1) is 10.4. The van der Waals surface area contributed by atoms with Crippen molar-refractivity contribution in [3.8, 4) is 0 Å². The molecular formula is C15H22N4O2S. The van der Waals surface area contributed by atoms with E-state index in [-0.39, 0.29) is 17.5 Å². The first-order valence-corrected chi connectivity index (χ1v) is 8.67. The number of nitrogens with zero attached hydrogens (tertiary/aromatic N) is 1. The molecule has 2 aromatic rings. The molecule has 0 aliphatic rings. The predicted molar refractivity (Wildman–Crippen MR) is 85.9 cm³/mol. The van der Waals surface area contributed by atoms with Crippen molar-refractivity contribution >= 4 is 10.0 Å². The highest BCUT2D eigenvalue weighted by atomic mass is 32.2. The van der Waals surface area contributed by atoms with Gasteiger partial charge in [-0.05, 0) is 18.2 Å². The van der Waals surface area contributed by atoms with Gasteiger partial charge in [0.05, 0.1) is 6.20 Å². The van der Waals surface area contributed by atoms with Crippen LogP contribution in [0.5, 0.6) is 0 Å². The van der Waals surface area contributed by atoms with Crippen LogP contribution in [0.15, 0.2) is 35.5 Å². The van der Waals surface area contributed by atoms with Gasteiger partial charge in [-0.15, -0.1) is 0 Å². The molecule has 1 aromatic heterocycles. The average molecular weight is 322 g/mol. The number of sulfonamides is 1. The molecule has 0 spiro atoms. The van der Waals surface area contributed by atoms with Crippen LogP contribution >= 0.6 is 0 Å². The van der Waals surface area contributed by atoms with E-state index in [1.165, 1.54) is 6.20 Å². The number of nitrogens with one attached hydrogen (secondary N) is 3. The van der Waals surface area contributed by atoms with Crippen LogP contribution in [0.4, 0.5) is 0 Å². The molecule has 2 rings (SSSR count). The van der Waals surface area contributed by atoms with E-state index in [0.29, 0.717) is 5.82 Å². The molecule has 0 unspecified atom stereocenters. The van der Waals surface area contributed by atoms with Crippen molar-refractivity contribution in [2.45, 2.75) is 37.9 Å². The van der Waals surface area contributed by atoms with Gasteiger partial charge in [0.25, 0.3) is 10.0 Å². The minimum Gasteiger partial charge on any atom is -0.332 e. The summed E-state index contributed by atoms with van der Waals surface area (Å²) in [5, 5.41) is 3.17. The second-order valence-electron chi connectivity index (χ2n) is 5.46. The molecule has 0 aliphatic carbocycles. The van der Waals surface area contributed by atoms with Gasteiger partial charge in [-0.2, -0.15) is 0 Å². The van der Waals surface area contributed by atoms with E-state index in [1.807, 2.05) is 45.2 Å². The molecule has 7 heteroatoms. The maximum absolute atomic E-state index is 12.3. The summed E-state index contributed by atoms with van der Waals surface area (Å²) in [4.78, 5) is 6.94. The van der Waals surface area contributed by atoms with Crippen LogP contribution in [0.2, 0.25) is 0 Å². The SMILES string of the molecule is CNCc1cccc(CNS(=O)(=O)c2cnc(C(C)C)[nH]2)c1. The summed E-state index contributed by atoms with van der Waals surface area (Å²) < 4.78 is 27.1. The number of aromatic amines is 1. The van der Waals surface area contributed by atoms with Crippen LogP contribution in [0.25, 0.3) is 0 Å². The fourth-order valence-electron chi connectivity index (χ4n) is 2.06. The summed E-state index contributed by atoms with van der Waals surface area (Å²) in [7, 11) is -1.71. The van der Waals surface area contributed by atoms with Crippen LogP contribution in [0.1, 0.15) is 36.7 Å². The Kier molecular flexibility index (Phi) is 5.33. The van der Waals surface area contributed by atoms with Crippen molar-refractivity contribution < 1.29 is 8.42 Å². The number of benzene rings is 1. The summed E-state index contributed by atoms with van der Waals surface area (Å²) in [5.74, 6) is 0.818. The second-order valence-corrected chi connectivity index (χ2v) is 7.20. The van der Waals surface area contributed by atoms with Crippen LogP contribution in [0, 0.1) is 0 Å². The predicted octanol–water partition coefficient (Wildman–Crippen LogP) is 1.73. The molecule has 0 radical (unpaired) electrons. The molecular weight excluding hydrogens is 300 g/mol. The molecule has 6 nitrogen and oxygen atoms in total. The van der Waals surface area contributed by atoms with Crippen molar-refractivity contribution in [3.63, 3.8) is 0 Å². The lowest BCUT2D eigenvalue weighted by molar-refractivity contribution is 0.577. The third-order valence-corrected chi connectivity index (χ3v) is 4.56. The Bertz CT molecular complexity index is 723. The number of rotatable bonds is 7. The van der Waals surface area contributed by atoms with Gasteiger partial charge in [0.1, 0.15) is 5.82 Å². The fourth-order valence-corrected chi connectivity index (χ4v) is 3.00. The Morgan fingerprint density at radius 3 is 2.50 bits per heavy atom. The molecule has 0 bridgehead atoms. The summed E-state index contributed by atoms with van der Waals surface area (Å²) in [5.41, 5.74) is 2.03. The van der Waals surface area contributed by atoms with Gasteiger partial charge < -0.3 is 10.3 Å². The van der Waals surface area contributed by atoms with Gasteiger partial charge in [0.2, 0.25) is 0 Å². The van der Waals surface area contributed by atoms with E-state index in [1.54, 1.807) is 0 Å². The largest absolute Gasteiger partial charge is 0.332 e. The van der Waals surface area contributed by atoms with Crippen LogP contribution < -0.4 is 10.0 Å². The van der Waals surface area contributed by atoms with E-state index in [4.69, 9.17) is 0 Å². The minimum atomic E-state index is -3.58. The minimum absolute atomic E-state index is 0.0996. The molecule has 1 heterocycles. The zero-order valence-electron chi connectivity index (χ0n) is 13.1. The van der Waals surface area contributed by atoms with Gasteiger partial charge in [-0.25, -0.2) is 18.1 Å². The monoisotopic (exact) mass is 322 g/mol.